The summed E-state index contributed by atoms with van der Waals surface area (Å²) in [6, 6.07) is 7.93. The predicted octanol–water partition coefficient (Wildman–Crippen LogP) is 2.87. The van der Waals surface area contributed by atoms with Gasteiger partial charge >= 0.3 is 0 Å². The van der Waals surface area contributed by atoms with Gasteiger partial charge in [0.15, 0.2) is 0 Å². The predicted molar refractivity (Wildman–Crippen MR) is 66.3 cm³/mol. The van der Waals surface area contributed by atoms with Crippen LogP contribution in [0, 0.1) is 0 Å². The molecule has 1 amide bonds. The molecule has 3 nitrogen and oxygen atoms in total. The van der Waals surface area contributed by atoms with E-state index in [-0.39, 0.29) is 5.91 Å². The summed E-state index contributed by atoms with van der Waals surface area (Å²) in [4.78, 5) is 10.7. The highest BCUT2D eigenvalue weighted by Gasteiger charge is 2.04. The molecule has 1 aromatic carbocycles. The van der Waals surface area contributed by atoms with Crippen molar-refractivity contribution in [1.29, 1.82) is 0 Å². The third-order valence-electron chi connectivity index (χ3n) is 2.28. The maximum atomic E-state index is 10.7. The molecule has 0 aliphatic carbocycles. The third kappa shape index (κ3) is 2.64. The number of hydrogen-bond acceptors (Lipinski definition) is 2. The molecule has 0 aliphatic heterocycles. The molecule has 0 saturated heterocycles. The van der Waals surface area contributed by atoms with Crippen LogP contribution in [0.2, 0.25) is 0 Å². The molecule has 0 bridgehead atoms. The molecule has 0 atom stereocenters. The first-order valence-electron chi connectivity index (χ1n) is 5.07. The van der Waals surface area contributed by atoms with Gasteiger partial charge in [0, 0.05) is 29.7 Å². The van der Waals surface area contributed by atoms with Crippen molar-refractivity contribution in [3.63, 3.8) is 0 Å². The summed E-state index contributed by atoms with van der Waals surface area (Å²) in [6.45, 7) is 2.12. The van der Waals surface area contributed by atoms with Crippen LogP contribution in [0.5, 0.6) is 0 Å². The number of hydrogen-bond donors (Lipinski definition) is 1. The molecular weight excluding hydrogens is 270 g/mol. The second-order valence-electron chi connectivity index (χ2n) is 3.63. The van der Waals surface area contributed by atoms with Gasteiger partial charge in [-0.2, -0.15) is 0 Å². The third-order valence-corrected chi connectivity index (χ3v) is 2.77. The second-order valence-corrected chi connectivity index (χ2v) is 4.54. The van der Waals surface area contributed by atoms with E-state index in [4.69, 9.17) is 4.42 Å². The first-order valence-corrected chi connectivity index (χ1v) is 5.87. The number of nitrogens with one attached hydrogen (secondary N) is 1. The van der Waals surface area contributed by atoms with Crippen molar-refractivity contribution in [1.82, 2.24) is 5.32 Å². The highest BCUT2D eigenvalue weighted by atomic mass is 79.9. The molecule has 1 aromatic heterocycles. The van der Waals surface area contributed by atoms with Gasteiger partial charge in [-0.05, 0) is 24.3 Å². The fraction of sp³-hybridized carbons (Fsp3) is 0.250. The van der Waals surface area contributed by atoms with Gasteiger partial charge in [-0.3, -0.25) is 4.79 Å². The lowest BCUT2D eigenvalue weighted by atomic mass is 10.2. The molecule has 0 spiro atoms. The Bertz CT molecular complexity index is 519. The first kappa shape index (κ1) is 11.2. The van der Waals surface area contributed by atoms with Gasteiger partial charge in [-0.15, -0.1) is 0 Å². The summed E-state index contributed by atoms with van der Waals surface area (Å²) in [7, 11) is 0. The Labute approximate surface area is 102 Å². The number of halogens is 1. The zero-order chi connectivity index (χ0) is 11.5. The van der Waals surface area contributed by atoms with Gasteiger partial charge in [0.1, 0.15) is 11.3 Å². The van der Waals surface area contributed by atoms with E-state index >= 15 is 0 Å². The van der Waals surface area contributed by atoms with Gasteiger partial charge in [-0.25, -0.2) is 0 Å². The zero-order valence-electron chi connectivity index (χ0n) is 8.92. The molecule has 0 fully saturated rings. The van der Waals surface area contributed by atoms with Crippen LogP contribution in [-0.4, -0.2) is 12.5 Å². The fourth-order valence-electron chi connectivity index (χ4n) is 1.54. The van der Waals surface area contributed by atoms with Gasteiger partial charge < -0.3 is 9.73 Å². The summed E-state index contributed by atoms with van der Waals surface area (Å²) in [5.74, 6) is 0.876. The number of amides is 1. The van der Waals surface area contributed by atoms with Crippen LogP contribution < -0.4 is 5.32 Å². The highest BCUT2D eigenvalue weighted by Crippen LogP contribution is 2.23. The van der Waals surface area contributed by atoms with Gasteiger partial charge in [0.25, 0.3) is 0 Å². The number of carbonyl (C=O) groups excluding carboxylic acids is 1. The largest absolute Gasteiger partial charge is 0.461 e. The standard InChI is InChI=1S/C12H12BrNO2/c1-8(15)14-5-4-11-6-9-2-3-10(13)7-12(9)16-11/h2-3,6-7H,4-5H2,1H3,(H,14,15). The number of benzene rings is 1. The lowest BCUT2D eigenvalue weighted by Crippen LogP contribution is -2.22. The van der Waals surface area contributed by atoms with Crippen LogP contribution >= 0.6 is 15.9 Å². The molecular formula is C12H12BrNO2. The van der Waals surface area contributed by atoms with Crippen LogP contribution in [-0.2, 0) is 11.2 Å². The number of carbonyl (C=O) groups is 1. The Morgan fingerprint density at radius 1 is 1.44 bits per heavy atom. The molecule has 84 valence electrons. The van der Waals surface area contributed by atoms with E-state index in [0.717, 1.165) is 21.2 Å². The van der Waals surface area contributed by atoms with E-state index in [9.17, 15) is 4.79 Å². The number of furan rings is 1. The molecule has 0 radical (unpaired) electrons. The normalized spacial score (nSPS) is 10.6. The Balaban J connectivity index is 2.10. The van der Waals surface area contributed by atoms with Crippen LogP contribution in [0.1, 0.15) is 12.7 Å². The van der Waals surface area contributed by atoms with Crippen molar-refractivity contribution < 1.29 is 9.21 Å². The van der Waals surface area contributed by atoms with Crippen molar-refractivity contribution in [2.24, 2.45) is 0 Å². The molecule has 2 aromatic rings. The molecule has 1 N–H and O–H groups in total. The Hall–Kier alpha value is -1.29. The summed E-state index contributed by atoms with van der Waals surface area (Å²) < 4.78 is 6.65. The fourth-order valence-corrected chi connectivity index (χ4v) is 1.88. The highest BCUT2D eigenvalue weighted by molar-refractivity contribution is 9.10. The van der Waals surface area contributed by atoms with Crippen LogP contribution in [0.15, 0.2) is 33.2 Å². The van der Waals surface area contributed by atoms with Crippen molar-refractivity contribution in [2.75, 3.05) is 6.54 Å². The van der Waals surface area contributed by atoms with Crippen molar-refractivity contribution in [3.05, 3.63) is 34.5 Å². The monoisotopic (exact) mass is 281 g/mol. The van der Waals surface area contributed by atoms with E-state index in [2.05, 4.69) is 21.2 Å². The Morgan fingerprint density at radius 3 is 3.00 bits per heavy atom. The maximum Gasteiger partial charge on any atom is 0.216 e. The molecule has 0 saturated carbocycles. The minimum atomic E-state index is -0.0149. The summed E-state index contributed by atoms with van der Waals surface area (Å²) in [5, 5.41) is 3.83. The van der Waals surface area contributed by atoms with Crippen molar-refractivity contribution in [2.45, 2.75) is 13.3 Å². The molecule has 4 heteroatoms. The van der Waals surface area contributed by atoms with Crippen LogP contribution in [0.25, 0.3) is 11.0 Å². The number of rotatable bonds is 3. The lowest BCUT2D eigenvalue weighted by Gasteiger charge is -1.97. The topological polar surface area (TPSA) is 42.2 Å². The van der Waals surface area contributed by atoms with Crippen LogP contribution in [0.4, 0.5) is 0 Å². The van der Waals surface area contributed by atoms with E-state index in [0.29, 0.717) is 13.0 Å². The molecule has 0 aliphatic rings. The zero-order valence-corrected chi connectivity index (χ0v) is 10.5. The second kappa shape index (κ2) is 4.70. The Morgan fingerprint density at radius 2 is 2.25 bits per heavy atom. The SMILES string of the molecule is CC(=O)NCCc1cc2ccc(Br)cc2o1. The summed E-state index contributed by atoms with van der Waals surface area (Å²) >= 11 is 3.40. The average Bonchev–Trinajstić information content (AvgIpc) is 2.58. The molecule has 16 heavy (non-hydrogen) atoms. The van der Waals surface area contributed by atoms with Crippen molar-refractivity contribution >= 4 is 32.8 Å². The smallest absolute Gasteiger partial charge is 0.216 e. The minimum absolute atomic E-state index is 0.0149. The molecule has 0 unspecified atom stereocenters. The van der Waals surface area contributed by atoms with Gasteiger partial charge in [0.2, 0.25) is 5.91 Å². The minimum Gasteiger partial charge on any atom is -0.461 e. The Kier molecular flexibility index (Phi) is 3.29. The van der Waals surface area contributed by atoms with Gasteiger partial charge in [0.05, 0.1) is 0 Å². The quantitative estimate of drug-likeness (QED) is 0.940. The maximum absolute atomic E-state index is 10.7. The van der Waals surface area contributed by atoms with Crippen LogP contribution in [0.3, 0.4) is 0 Å². The summed E-state index contributed by atoms with van der Waals surface area (Å²) in [6.07, 6.45) is 0.714. The van der Waals surface area contributed by atoms with E-state index in [1.807, 2.05) is 24.3 Å². The lowest BCUT2D eigenvalue weighted by molar-refractivity contribution is -0.118. The number of fused-ring (bicyclic) bond motifs is 1. The van der Waals surface area contributed by atoms with Crippen molar-refractivity contribution in [3.8, 4) is 0 Å². The molecule has 1 heterocycles. The van der Waals surface area contributed by atoms with Gasteiger partial charge in [-0.1, -0.05) is 15.9 Å². The van der Waals surface area contributed by atoms with E-state index in [1.165, 1.54) is 6.92 Å². The van der Waals surface area contributed by atoms with E-state index in [1.54, 1.807) is 0 Å². The summed E-state index contributed by atoms with van der Waals surface area (Å²) in [5.41, 5.74) is 0.868. The average molecular weight is 282 g/mol. The first-order chi connectivity index (χ1) is 7.65. The van der Waals surface area contributed by atoms with E-state index < -0.39 is 0 Å². The molecule has 2 rings (SSSR count).